The minimum absolute atomic E-state index is 0.261. The number of methoxy groups -OCH3 is 2. The fourth-order valence-electron chi connectivity index (χ4n) is 2.77. The number of hydrogen-bond acceptors (Lipinski definition) is 4. The van der Waals surface area contributed by atoms with E-state index in [0.29, 0.717) is 17.4 Å². The molecule has 0 bridgehead atoms. The second kappa shape index (κ2) is 8.56. The molecule has 6 heteroatoms. The second-order valence-electron chi connectivity index (χ2n) is 6.70. The van der Waals surface area contributed by atoms with Gasteiger partial charge in [0.1, 0.15) is 0 Å². The van der Waals surface area contributed by atoms with Gasteiger partial charge < -0.3 is 9.47 Å². The van der Waals surface area contributed by atoms with Crippen molar-refractivity contribution in [3.05, 3.63) is 53.6 Å². The molecule has 2 aromatic rings. The molecule has 0 aliphatic carbocycles. The Balaban J connectivity index is 2.18. The number of ether oxygens (including phenoxy) is 2. The van der Waals surface area contributed by atoms with E-state index < -0.39 is 16.1 Å². The van der Waals surface area contributed by atoms with Crippen molar-refractivity contribution in [3.8, 4) is 11.5 Å². The molecule has 1 unspecified atom stereocenters. The Morgan fingerprint density at radius 1 is 0.923 bits per heavy atom. The number of benzene rings is 2. The monoisotopic (exact) mass is 377 g/mol. The summed E-state index contributed by atoms with van der Waals surface area (Å²) in [5.41, 5.74) is 1.93. The molecule has 2 rings (SSSR count). The maximum Gasteiger partial charge on any atom is 0.241 e. The van der Waals surface area contributed by atoms with Crippen LogP contribution in [-0.4, -0.2) is 22.6 Å². The summed E-state index contributed by atoms with van der Waals surface area (Å²) in [6.07, 6.45) is 0.926. The van der Waals surface area contributed by atoms with Crippen LogP contribution in [0.1, 0.15) is 37.9 Å². The van der Waals surface area contributed by atoms with Crippen molar-refractivity contribution in [3.63, 3.8) is 0 Å². The molecule has 0 fully saturated rings. The summed E-state index contributed by atoms with van der Waals surface area (Å²) in [6, 6.07) is 12.0. The van der Waals surface area contributed by atoms with Gasteiger partial charge in [-0.1, -0.05) is 32.0 Å². The third kappa shape index (κ3) is 4.99. The molecule has 1 N–H and O–H groups in total. The molecule has 0 amide bonds. The van der Waals surface area contributed by atoms with Gasteiger partial charge in [-0.25, -0.2) is 13.1 Å². The fourth-order valence-corrected chi connectivity index (χ4v) is 4.00. The van der Waals surface area contributed by atoms with Crippen LogP contribution in [0.4, 0.5) is 0 Å². The van der Waals surface area contributed by atoms with Gasteiger partial charge in [0, 0.05) is 6.04 Å². The molecular weight excluding hydrogens is 350 g/mol. The summed E-state index contributed by atoms with van der Waals surface area (Å²) in [6.45, 7) is 6.07. The molecule has 0 radical (unpaired) electrons. The Hall–Kier alpha value is -2.05. The van der Waals surface area contributed by atoms with Gasteiger partial charge in [0.05, 0.1) is 19.1 Å². The number of nitrogens with one attached hydrogen (secondary N) is 1. The minimum Gasteiger partial charge on any atom is -0.493 e. The minimum atomic E-state index is -3.61. The van der Waals surface area contributed by atoms with Gasteiger partial charge >= 0.3 is 0 Å². The van der Waals surface area contributed by atoms with Gasteiger partial charge in [-0.05, 0) is 54.7 Å². The third-order valence-electron chi connectivity index (χ3n) is 4.12. The largest absolute Gasteiger partial charge is 0.493 e. The Labute approximate surface area is 156 Å². The molecule has 2 aromatic carbocycles. The molecular formula is C20H27NO4S. The summed E-state index contributed by atoms with van der Waals surface area (Å²) in [4.78, 5) is 0.261. The number of hydrogen-bond donors (Lipinski definition) is 1. The van der Waals surface area contributed by atoms with Crippen molar-refractivity contribution in [2.45, 2.75) is 38.1 Å². The van der Waals surface area contributed by atoms with Gasteiger partial charge in [-0.3, -0.25) is 0 Å². The van der Waals surface area contributed by atoms with Gasteiger partial charge in [0.2, 0.25) is 10.0 Å². The highest BCUT2D eigenvalue weighted by molar-refractivity contribution is 7.89. The second-order valence-corrected chi connectivity index (χ2v) is 8.41. The van der Waals surface area contributed by atoms with E-state index in [-0.39, 0.29) is 4.90 Å². The molecule has 0 aromatic heterocycles. The first-order chi connectivity index (χ1) is 12.3. The average Bonchev–Trinajstić information content (AvgIpc) is 2.60. The van der Waals surface area contributed by atoms with Crippen LogP contribution in [0.5, 0.6) is 11.5 Å². The normalized spacial score (nSPS) is 12.8. The first-order valence-corrected chi connectivity index (χ1v) is 10.1. The molecule has 0 spiro atoms. The Kier molecular flexibility index (Phi) is 6.67. The van der Waals surface area contributed by atoms with Crippen LogP contribution in [0.25, 0.3) is 0 Å². The lowest BCUT2D eigenvalue weighted by Gasteiger charge is -2.17. The quantitative estimate of drug-likeness (QED) is 0.757. The van der Waals surface area contributed by atoms with E-state index in [1.165, 1.54) is 0 Å². The number of sulfonamides is 1. The molecule has 26 heavy (non-hydrogen) atoms. The van der Waals surface area contributed by atoms with E-state index in [9.17, 15) is 8.42 Å². The smallest absolute Gasteiger partial charge is 0.241 e. The van der Waals surface area contributed by atoms with E-state index >= 15 is 0 Å². The highest BCUT2D eigenvalue weighted by atomic mass is 32.2. The molecule has 1 atom stereocenters. The summed E-state index contributed by atoms with van der Waals surface area (Å²) in [7, 11) is -0.497. The first kappa shape index (κ1) is 20.3. The zero-order chi connectivity index (χ0) is 19.3. The van der Waals surface area contributed by atoms with Gasteiger partial charge in [-0.15, -0.1) is 0 Å². The average molecular weight is 378 g/mol. The lowest BCUT2D eigenvalue weighted by atomic mass is 10.0. The molecule has 5 nitrogen and oxygen atoms in total. The van der Waals surface area contributed by atoms with E-state index in [0.717, 1.165) is 17.5 Å². The van der Waals surface area contributed by atoms with Crippen LogP contribution in [0.3, 0.4) is 0 Å². The fraction of sp³-hybridized carbons (Fsp3) is 0.400. The summed E-state index contributed by atoms with van der Waals surface area (Å²) in [5.74, 6) is 1.70. The van der Waals surface area contributed by atoms with Crippen molar-refractivity contribution in [1.29, 1.82) is 0 Å². The molecule has 0 aliphatic rings. The van der Waals surface area contributed by atoms with Crippen LogP contribution in [0.2, 0.25) is 0 Å². The van der Waals surface area contributed by atoms with Crippen LogP contribution in [0.15, 0.2) is 47.4 Å². The zero-order valence-corrected chi connectivity index (χ0v) is 16.8. The molecule has 0 heterocycles. The molecule has 142 valence electrons. The maximum absolute atomic E-state index is 12.7. The van der Waals surface area contributed by atoms with Crippen molar-refractivity contribution in [1.82, 2.24) is 4.72 Å². The van der Waals surface area contributed by atoms with E-state index in [4.69, 9.17) is 9.47 Å². The van der Waals surface area contributed by atoms with Gasteiger partial charge in [0.15, 0.2) is 11.5 Å². The Bertz CT molecular complexity index is 829. The Morgan fingerprint density at radius 3 is 2.08 bits per heavy atom. The lowest BCUT2D eigenvalue weighted by Crippen LogP contribution is -2.27. The summed E-state index contributed by atoms with van der Waals surface area (Å²) < 4.78 is 38.5. The van der Waals surface area contributed by atoms with E-state index in [2.05, 4.69) is 18.6 Å². The van der Waals surface area contributed by atoms with E-state index in [1.54, 1.807) is 45.4 Å². The SMILES string of the molecule is COc1ccc(C(C)NS(=O)(=O)c2ccc(CC(C)C)cc2)cc1OC. The topological polar surface area (TPSA) is 64.6 Å². The van der Waals surface area contributed by atoms with Crippen LogP contribution in [-0.2, 0) is 16.4 Å². The van der Waals surface area contributed by atoms with Crippen molar-refractivity contribution in [2.24, 2.45) is 5.92 Å². The molecule has 0 aliphatic heterocycles. The predicted octanol–water partition coefficient (Wildman–Crippen LogP) is 3.94. The lowest BCUT2D eigenvalue weighted by molar-refractivity contribution is 0.354. The van der Waals surface area contributed by atoms with Crippen molar-refractivity contribution < 1.29 is 17.9 Å². The summed E-state index contributed by atoms with van der Waals surface area (Å²) >= 11 is 0. The standard InChI is InChI=1S/C20H27NO4S/c1-14(2)12-16-6-9-18(10-7-16)26(22,23)21-15(3)17-8-11-19(24-4)20(13-17)25-5/h6-11,13-15,21H,12H2,1-5H3. The third-order valence-corrected chi connectivity index (χ3v) is 5.67. The van der Waals surface area contributed by atoms with Gasteiger partial charge in [0.25, 0.3) is 0 Å². The van der Waals surface area contributed by atoms with Gasteiger partial charge in [-0.2, -0.15) is 0 Å². The zero-order valence-electron chi connectivity index (χ0n) is 15.9. The van der Waals surface area contributed by atoms with Crippen molar-refractivity contribution in [2.75, 3.05) is 14.2 Å². The highest BCUT2D eigenvalue weighted by Gasteiger charge is 2.19. The summed E-state index contributed by atoms with van der Waals surface area (Å²) in [5, 5.41) is 0. The van der Waals surface area contributed by atoms with Crippen LogP contribution < -0.4 is 14.2 Å². The first-order valence-electron chi connectivity index (χ1n) is 8.60. The van der Waals surface area contributed by atoms with Crippen LogP contribution in [0, 0.1) is 5.92 Å². The molecule has 0 saturated carbocycles. The van der Waals surface area contributed by atoms with E-state index in [1.807, 2.05) is 18.2 Å². The number of rotatable bonds is 8. The molecule has 0 saturated heterocycles. The highest BCUT2D eigenvalue weighted by Crippen LogP contribution is 2.30. The maximum atomic E-state index is 12.7. The predicted molar refractivity (Wildman–Crippen MR) is 103 cm³/mol. The van der Waals surface area contributed by atoms with Crippen molar-refractivity contribution >= 4 is 10.0 Å². The van der Waals surface area contributed by atoms with Crippen LogP contribution >= 0.6 is 0 Å². The Morgan fingerprint density at radius 2 is 1.54 bits per heavy atom.